The minimum Gasteiger partial charge on any atom is -0.491 e. The molecule has 0 fully saturated rings. The van der Waals surface area contributed by atoms with Gasteiger partial charge in [-0.3, -0.25) is 14.9 Å². The predicted molar refractivity (Wildman–Crippen MR) is 96.4 cm³/mol. The van der Waals surface area contributed by atoms with E-state index in [0.717, 1.165) is 11.3 Å². The number of hydrogen-bond acceptors (Lipinski definition) is 4. The zero-order valence-corrected chi connectivity index (χ0v) is 14.1. The fourth-order valence-electron chi connectivity index (χ4n) is 2.14. The average molecular weight is 340 g/mol. The SMILES string of the molecule is Cc1ccccc1OCC(C)NC(=O)C=Cc1ccc([N+](=O)[O-])cc1. The van der Waals surface area contributed by atoms with Gasteiger partial charge in [0.05, 0.1) is 11.0 Å². The number of carbonyl (C=O) groups excluding carboxylic acids is 1. The number of nitro benzene ring substituents is 1. The van der Waals surface area contributed by atoms with Crippen LogP contribution in [-0.2, 0) is 4.79 Å². The van der Waals surface area contributed by atoms with Crippen molar-refractivity contribution in [2.45, 2.75) is 19.9 Å². The zero-order chi connectivity index (χ0) is 18.2. The predicted octanol–water partition coefficient (Wildman–Crippen LogP) is 3.50. The van der Waals surface area contributed by atoms with Crippen molar-refractivity contribution in [2.24, 2.45) is 0 Å². The maximum absolute atomic E-state index is 11.9. The van der Waals surface area contributed by atoms with Crippen LogP contribution in [0, 0.1) is 17.0 Å². The number of nitrogens with zero attached hydrogens (tertiary/aromatic N) is 1. The summed E-state index contributed by atoms with van der Waals surface area (Å²) < 4.78 is 5.70. The van der Waals surface area contributed by atoms with Gasteiger partial charge in [-0.15, -0.1) is 0 Å². The topological polar surface area (TPSA) is 81.5 Å². The summed E-state index contributed by atoms with van der Waals surface area (Å²) in [6, 6.07) is 13.5. The van der Waals surface area contributed by atoms with Crippen LogP contribution in [0.1, 0.15) is 18.1 Å². The molecule has 6 heteroatoms. The van der Waals surface area contributed by atoms with E-state index in [1.54, 1.807) is 18.2 Å². The molecule has 1 amide bonds. The number of rotatable bonds is 7. The fraction of sp³-hybridized carbons (Fsp3) is 0.211. The average Bonchev–Trinajstić information content (AvgIpc) is 2.59. The first-order valence-electron chi connectivity index (χ1n) is 7.87. The van der Waals surface area contributed by atoms with Crippen molar-refractivity contribution in [1.82, 2.24) is 5.32 Å². The second-order valence-electron chi connectivity index (χ2n) is 5.67. The third-order valence-corrected chi connectivity index (χ3v) is 3.50. The summed E-state index contributed by atoms with van der Waals surface area (Å²) >= 11 is 0. The zero-order valence-electron chi connectivity index (χ0n) is 14.1. The normalized spacial score (nSPS) is 11.9. The van der Waals surface area contributed by atoms with Gasteiger partial charge in [0.1, 0.15) is 12.4 Å². The smallest absolute Gasteiger partial charge is 0.269 e. The molecule has 130 valence electrons. The summed E-state index contributed by atoms with van der Waals surface area (Å²) in [4.78, 5) is 22.1. The molecule has 0 aliphatic heterocycles. The van der Waals surface area contributed by atoms with Gasteiger partial charge >= 0.3 is 0 Å². The summed E-state index contributed by atoms with van der Waals surface area (Å²) in [5, 5.41) is 13.4. The lowest BCUT2D eigenvalue weighted by Crippen LogP contribution is -2.35. The van der Waals surface area contributed by atoms with Gasteiger partial charge < -0.3 is 10.1 Å². The van der Waals surface area contributed by atoms with Crippen molar-refractivity contribution in [2.75, 3.05) is 6.61 Å². The number of ether oxygens (including phenoxy) is 1. The van der Waals surface area contributed by atoms with Crippen LogP contribution in [0.2, 0.25) is 0 Å². The lowest BCUT2D eigenvalue weighted by molar-refractivity contribution is -0.384. The molecule has 0 radical (unpaired) electrons. The lowest BCUT2D eigenvalue weighted by Gasteiger charge is -2.15. The molecule has 2 aromatic carbocycles. The van der Waals surface area contributed by atoms with Crippen molar-refractivity contribution in [3.05, 3.63) is 75.8 Å². The van der Waals surface area contributed by atoms with Crippen molar-refractivity contribution in [3.8, 4) is 5.75 Å². The Labute approximate surface area is 146 Å². The van der Waals surface area contributed by atoms with Crippen molar-refractivity contribution in [3.63, 3.8) is 0 Å². The van der Waals surface area contributed by atoms with E-state index in [-0.39, 0.29) is 17.6 Å². The number of benzene rings is 2. The van der Waals surface area contributed by atoms with Crippen LogP contribution in [0.4, 0.5) is 5.69 Å². The number of non-ortho nitro benzene ring substituents is 1. The molecule has 0 bridgehead atoms. The van der Waals surface area contributed by atoms with Gasteiger partial charge in [-0.1, -0.05) is 18.2 Å². The Morgan fingerprint density at radius 3 is 2.56 bits per heavy atom. The van der Waals surface area contributed by atoms with E-state index >= 15 is 0 Å². The molecule has 0 aliphatic rings. The first-order chi connectivity index (χ1) is 12.0. The first-order valence-corrected chi connectivity index (χ1v) is 7.87. The Kier molecular flexibility index (Phi) is 6.28. The monoisotopic (exact) mass is 340 g/mol. The summed E-state index contributed by atoms with van der Waals surface area (Å²) in [6.45, 7) is 4.18. The number of hydrogen-bond donors (Lipinski definition) is 1. The molecule has 1 unspecified atom stereocenters. The van der Waals surface area contributed by atoms with E-state index < -0.39 is 4.92 Å². The van der Waals surface area contributed by atoms with Crippen molar-refractivity contribution >= 4 is 17.7 Å². The van der Waals surface area contributed by atoms with Crippen LogP contribution < -0.4 is 10.1 Å². The van der Waals surface area contributed by atoms with Gasteiger partial charge in [0, 0.05) is 18.2 Å². The molecule has 0 saturated heterocycles. The Morgan fingerprint density at radius 1 is 1.24 bits per heavy atom. The van der Waals surface area contributed by atoms with Gasteiger partial charge in [0.2, 0.25) is 5.91 Å². The molecule has 25 heavy (non-hydrogen) atoms. The second-order valence-corrected chi connectivity index (χ2v) is 5.67. The molecule has 0 aliphatic carbocycles. The molecule has 2 rings (SSSR count). The Hall–Kier alpha value is -3.15. The Balaban J connectivity index is 1.82. The summed E-state index contributed by atoms with van der Waals surface area (Å²) in [7, 11) is 0. The number of carbonyl (C=O) groups is 1. The van der Waals surface area contributed by atoms with Gasteiger partial charge in [-0.25, -0.2) is 0 Å². The maximum atomic E-state index is 11.9. The standard InChI is InChI=1S/C19H20N2O4/c1-14-5-3-4-6-18(14)25-13-15(2)20-19(22)12-9-16-7-10-17(11-8-16)21(23)24/h3-12,15H,13H2,1-2H3,(H,20,22). The maximum Gasteiger partial charge on any atom is 0.269 e. The highest BCUT2D eigenvalue weighted by Gasteiger charge is 2.07. The minimum atomic E-state index is -0.462. The van der Waals surface area contributed by atoms with E-state index in [2.05, 4.69) is 5.32 Å². The summed E-state index contributed by atoms with van der Waals surface area (Å²) in [5.41, 5.74) is 1.77. The van der Waals surface area contributed by atoms with Crippen molar-refractivity contribution < 1.29 is 14.5 Å². The van der Waals surface area contributed by atoms with E-state index in [9.17, 15) is 14.9 Å². The number of amides is 1. The highest BCUT2D eigenvalue weighted by molar-refractivity contribution is 5.91. The molecule has 6 nitrogen and oxygen atoms in total. The van der Waals surface area contributed by atoms with Crippen LogP contribution >= 0.6 is 0 Å². The van der Waals surface area contributed by atoms with Crippen LogP contribution in [0.3, 0.4) is 0 Å². The minimum absolute atomic E-state index is 0.0172. The van der Waals surface area contributed by atoms with Crippen LogP contribution in [0.25, 0.3) is 6.08 Å². The van der Waals surface area contributed by atoms with Crippen LogP contribution in [-0.4, -0.2) is 23.5 Å². The number of para-hydroxylation sites is 1. The van der Waals surface area contributed by atoms with Crippen LogP contribution in [0.15, 0.2) is 54.6 Å². The highest BCUT2D eigenvalue weighted by atomic mass is 16.6. The molecule has 2 aromatic rings. The third kappa shape index (κ3) is 5.76. The summed E-state index contributed by atoms with van der Waals surface area (Å²) in [6.07, 6.45) is 3.00. The second kappa shape index (κ2) is 8.63. The van der Waals surface area contributed by atoms with E-state index in [1.165, 1.54) is 18.2 Å². The largest absolute Gasteiger partial charge is 0.491 e. The molecule has 0 saturated carbocycles. The van der Waals surface area contributed by atoms with E-state index in [0.29, 0.717) is 12.2 Å². The fourth-order valence-corrected chi connectivity index (χ4v) is 2.14. The Bertz CT molecular complexity index is 769. The molecule has 1 atom stereocenters. The lowest BCUT2D eigenvalue weighted by atomic mass is 10.2. The number of nitrogens with one attached hydrogen (secondary N) is 1. The molecule has 0 aromatic heterocycles. The van der Waals surface area contributed by atoms with Gasteiger partial charge in [-0.05, 0) is 49.2 Å². The molecule has 0 spiro atoms. The number of nitro groups is 1. The Morgan fingerprint density at radius 2 is 1.92 bits per heavy atom. The van der Waals surface area contributed by atoms with Gasteiger partial charge in [0.25, 0.3) is 5.69 Å². The summed E-state index contributed by atoms with van der Waals surface area (Å²) in [5.74, 6) is 0.546. The third-order valence-electron chi connectivity index (χ3n) is 3.50. The molecule has 1 N–H and O–H groups in total. The van der Waals surface area contributed by atoms with Crippen LogP contribution in [0.5, 0.6) is 5.75 Å². The molecule has 0 heterocycles. The number of aryl methyl sites for hydroxylation is 1. The van der Waals surface area contributed by atoms with Crippen molar-refractivity contribution in [1.29, 1.82) is 0 Å². The van der Waals surface area contributed by atoms with E-state index in [4.69, 9.17) is 4.74 Å². The van der Waals surface area contributed by atoms with Gasteiger partial charge in [-0.2, -0.15) is 0 Å². The first kappa shape index (κ1) is 18.2. The quantitative estimate of drug-likeness (QED) is 0.475. The van der Waals surface area contributed by atoms with E-state index in [1.807, 2.05) is 38.1 Å². The van der Waals surface area contributed by atoms with Gasteiger partial charge in [0.15, 0.2) is 0 Å². The highest BCUT2D eigenvalue weighted by Crippen LogP contribution is 2.16. The molecular weight excluding hydrogens is 320 g/mol. The molecular formula is C19H20N2O4.